The Morgan fingerprint density at radius 3 is 2.04 bits per heavy atom. The van der Waals surface area contributed by atoms with Gasteiger partial charge >= 0.3 is 0 Å². The second-order valence-corrected chi connectivity index (χ2v) is 7.64. The molecule has 0 saturated carbocycles. The van der Waals surface area contributed by atoms with E-state index in [-0.39, 0.29) is 5.91 Å². The minimum atomic E-state index is -0.509. The molecule has 1 amide bonds. The van der Waals surface area contributed by atoms with Gasteiger partial charge in [0.2, 0.25) is 5.91 Å². The van der Waals surface area contributed by atoms with Crippen molar-refractivity contribution in [1.82, 2.24) is 20.9 Å². The molecule has 6 heteroatoms. The van der Waals surface area contributed by atoms with Crippen molar-refractivity contribution in [2.45, 2.75) is 73.9 Å². The number of aliphatic imine (C=N–C) groups is 1. The molecule has 0 aliphatic rings. The number of carbonyl (C=O) groups is 1. The highest BCUT2D eigenvalue weighted by atomic mass is 16.2. The molecule has 6 nitrogen and oxygen atoms in total. The van der Waals surface area contributed by atoms with Crippen LogP contribution in [0.25, 0.3) is 0 Å². The molecule has 0 fully saturated rings. The number of nitrogens with one attached hydrogen (secondary N) is 3. The minimum absolute atomic E-state index is 0.0408. The van der Waals surface area contributed by atoms with Crippen molar-refractivity contribution >= 4 is 11.9 Å². The Hall–Kier alpha value is -1.30. The molecule has 0 spiro atoms. The molecule has 0 aliphatic carbocycles. The smallest absolute Gasteiger partial charge is 0.227 e. The van der Waals surface area contributed by atoms with Crippen LogP contribution in [0.3, 0.4) is 0 Å². The van der Waals surface area contributed by atoms with E-state index in [1.165, 1.54) is 0 Å². The fourth-order valence-electron chi connectivity index (χ4n) is 2.67. The summed E-state index contributed by atoms with van der Waals surface area (Å²) in [4.78, 5) is 19.2. The standard InChI is InChI=1S/C19H41N5O/c1-9-20-17(25)19(7,8)14-23-18(21-10-2)22-12-11-13-24(15(3)4)16(5)6/h15-16H,9-14H2,1-8H3,(H,20,25)(H2,21,22,23). The van der Waals surface area contributed by atoms with E-state index in [0.717, 1.165) is 32.0 Å². The van der Waals surface area contributed by atoms with Gasteiger partial charge in [-0.1, -0.05) is 0 Å². The van der Waals surface area contributed by atoms with Crippen molar-refractivity contribution in [2.24, 2.45) is 10.4 Å². The quantitative estimate of drug-likeness (QED) is 0.302. The van der Waals surface area contributed by atoms with Gasteiger partial charge in [0.25, 0.3) is 0 Å². The first kappa shape index (κ1) is 23.7. The summed E-state index contributed by atoms with van der Waals surface area (Å²) in [5.41, 5.74) is -0.509. The van der Waals surface area contributed by atoms with Gasteiger partial charge in [0, 0.05) is 38.3 Å². The normalized spacial score (nSPS) is 12.8. The molecule has 148 valence electrons. The van der Waals surface area contributed by atoms with Gasteiger partial charge in [-0.3, -0.25) is 14.7 Å². The SMILES string of the molecule is CCNC(=O)C(C)(C)CN=C(NCC)NCCCN(C(C)C)C(C)C. The summed E-state index contributed by atoms with van der Waals surface area (Å²) in [6, 6.07) is 1.11. The largest absolute Gasteiger partial charge is 0.357 e. The third kappa shape index (κ3) is 9.68. The molecule has 0 aromatic rings. The van der Waals surface area contributed by atoms with Crippen molar-refractivity contribution in [3.63, 3.8) is 0 Å². The lowest BCUT2D eigenvalue weighted by atomic mass is 9.92. The van der Waals surface area contributed by atoms with Gasteiger partial charge in [0.15, 0.2) is 5.96 Å². The summed E-state index contributed by atoms with van der Waals surface area (Å²) >= 11 is 0. The Balaban J connectivity index is 4.52. The molecular formula is C19H41N5O. The van der Waals surface area contributed by atoms with Crippen LogP contribution >= 0.6 is 0 Å². The maximum atomic E-state index is 12.1. The summed E-state index contributed by atoms with van der Waals surface area (Å²) in [5, 5.41) is 9.50. The second kappa shape index (κ2) is 12.1. The second-order valence-electron chi connectivity index (χ2n) is 7.64. The van der Waals surface area contributed by atoms with Gasteiger partial charge < -0.3 is 16.0 Å². The third-order valence-corrected chi connectivity index (χ3v) is 4.14. The van der Waals surface area contributed by atoms with Crippen LogP contribution in [0.5, 0.6) is 0 Å². The molecule has 3 N–H and O–H groups in total. The van der Waals surface area contributed by atoms with E-state index in [4.69, 9.17) is 0 Å². The molecule has 25 heavy (non-hydrogen) atoms. The fraction of sp³-hybridized carbons (Fsp3) is 0.895. The van der Waals surface area contributed by atoms with Crippen molar-refractivity contribution in [3.8, 4) is 0 Å². The first-order valence-corrected chi connectivity index (χ1v) is 9.71. The highest BCUT2D eigenvalue weighted by molar-refractivity contribution is 5.83. The molecule has 0 atom stereocenters. The topological polar surface area (TPSA) is 68.8 Å². The summed E-state index contributed by atoms with van der Waals surface area (Å²) in [5.74, 6) is 0.819. The molecule has 0 heterocycles. The Morgan fingerprint density at radius 1 is 1.00 bits per heavy atom. The Morgan fingerprint density at radius 2 is 1.56 bits per heavy atom. The van der Waals surface area contributed by atoms with Crippen LogP contribution in [0, 0.1) is 5.41 Å². The fourth-order valence-corrected chi connectivity index (χ4v) is 2.67. The predicted molar refractivity (Wildman–Crippen MR) is 108 cm³/mol. The summed E-state index contributed by atoms with van der Waals surface area (Å²) in [6.07, 6.45) is 1.06. The van der Waals surface area contributed by atoms with Gasteiger partial charge in [-0.2, -0.15) is 0 Å². The number of hydrogen-bond donors (Lipinski definition) is 3. The molecule has 0 bridgehead atoms. The molecule has 0 rings (SSSR count). The summed E-state index contributed by atoms with van der Waals surface area (Å²) in [6.45, 7) is 20.6. The summed E-state index contributed by atoms with van der Waals surface area (Å²) < 4.78 is 0. The van der Waals surface area contributed by atoms with Crippen LogP contribution in [0.4, 0.5) is 0 Å². The zero-order valence-electron chi connectivity index (χ0n) is 17.7. The van der Waals surface area contributed by atoms with E-state index < -0.39 is 5.41 Å². The van der Waals surface area contributed by atoms with Gasteiger partial charge in [0.05, 0.1) is 12.0 Å². The van der Waals surface area contributed by atoms with Crippen LogP contribution in [-0.2, 0) is 4.79 Å². The van der Waals surface area contributed by atoms with E-state index in [2.05, 4.69) is 53.5 Å². The highest BCUT2D eigenvalue weighted by Crippen LogP contribution is 2.15. The van der Waals surface area contributed by atoms with Crippen LogP contribution in [0.1, 0.15) is 61.8 Å². The number of nitrogens with zero attached hydrogens (tertiary/aromatic N) is 2. The van der Waals surface area contributed by atoms with E-state index in [9.17, 15) is 4.79 Å². The number of carbonyl (C=O) groups excluding carboxylic acids is 1. The Bertz CT molecular complexity index is 397. The van der Waals surface area contributed by atoms with Gasteiger partial charge in [-0.15, -0.1) is 0 Å². The van der Waals surface area contributed by atoms with Crippen molar-refractivity contribution < 1.29 is 4.79 Å². The molecule has 0 aliphatic heterocycles. The van der Waals surface area contributed by atoms with Gasteiger partial charge in [-0.05, 0) is 61.8 Å². The molecule has 0 radical (unpaired) electrons. The number of rotatable bonds is 11. The average molecular weight is 356 g/mol. The summed E-state index contributed by atoms with van der Waals surface area (Å²) in [7, 11) is 0. The maximum Gasteiger partial charge on any atom is 0.227 e. The first-order valence-electron chi connectivity index (χ1n) is 9.71. The van der Waals surface area contributed by atoms with Gasteiger partial charge in [0.1, 0.15) is 0 Å². The Labute approximate surface area is 155 Å². The monoisotopic (exact) mass is 355 g/mol. The highest BCUT2D eigenvalue weighted by Gasteiger charge is 2.26. The third-order valence-electron chi connectivity index (χ3n) is 4.14. The lowest BCUT2D eigenvalue weighted by Crippen LogP contribution is -2.43. The van der Waals surface area contributed by atoms with Crippen molar-refractivity contribution in [1.29, 1.82) is 0 Å². The van der Waals surface area contributed by atoms with Crippen molar-refractivity contribution in [3.05, 3.63) is 0 Å². The van der Waals surface area contributed by atoms with Crippen LogP contribution in [0.15, 0.2) is 4.99 Å². The zero-order chi connectivity index (χ0) is 19.5. The first-order chi connectivity index (χ1) is 11.7. The zero-order valence-corrected chi connectivity index (χ0v) is 17.7. The van der Waals surface area contributed by atoms with Crippen LogP contribution < -0.4 is 16.0 Å². The van der Waals surface area contributed by atoms with E-state index >= 15 is 0 Å². The van der Waals surface area contributed by atoms with E-state index in [1.807, 2.05) is 27.7 Å². The Kier molecular flexibility index (Phi) is 11.5. The predicted octanol–water partition coefficient (Wildman–Crippen LogP) is 2.21. The van der Waals surface area contributed by atoms with Crippen LogP contribution in [0.2, 0.25) is 0 Å². The molecule has 0 saturated heterocycles. The molecule has 0 aromatic carbocycles. The molecule has 0 unspecified atom stereocenters. The number of hydrogen-bond acceptors (Lipinski definition) is 3. The maximum absolute atomic E-state index is 12.1. The van der Waals surface area contributed by atoms with E-state index in [1.54, 1.807) is 0 Å². The number of guanidine groups is 1. The lowest BCUT2D eigenvalue weighted by molar-refractivity contribution is -0.128. The van der Waals surface area contributed by atoms with E-state index in [0.29, 0.717) is 25.2 Å². The number of amides is 1. The average Bonchev–Trinajstić information content (AvgIpc) is 2.51. The lowest BCUT2D eigenvalue weighted by Gasteiger charge is -2.30. The van der Waals surface area contributed by atoms with Gasteiger partial charge in [-0.25, -0.2) is 0 Å². The minimum Gasteiger partial charge on any atom is -0.357 e. The molecular weight excluding hydrogens is 314 g/mol. The molecule has 0 aromatic heterocycles. The van der Waals surface area contributed by atoms with Crippen molar-refractivity contribution in [2.75, 3.05) is 32.7 Å². The van der Waals surface area contributed by atoms with Crippen LogP contribution in [-0.4, -0.2) is 61.6 Å².